The molecule has 3 heterocycles. The Balaban J connectivity index is 1.84. The largest absolute Gasteiger partial charge is 0.505 e. The molecule has 0 saturated carbocycles. The Bertz CT molecular complexity index is 920. The highest BCUT2D eigenvalue weighted by Gasteiger charge is 2.21. The first-order valence-corrected chi connectivity index (χ1v) is 8.85. The highest BCUT2D eigenvalue weighted by atomic mass is 32.1. The van der Waals surface area contributed by atoms with Crippen molar-refractivity contribution in [1.29, 1.82) is 0 Å². The predicted octanol–water partition coefficient (Wildman–Crippen LogP) is 4.66. The minimum atomic E-state index is -0.160. The van der Waals surface area contributed by atoms with Crippen LogP contribution in [0.4, 0.5) is 5.13 Å². The zero-order chi connectivity index (χ0) is 15.6. The second kappa shape index (κ2) is 5.98. The van der Waals surface area contributed by atoms with Gasteiger partial charge in [-0.3, -0.25) is 4.98 Å². The molecule has 4 aromatic rings. The number of anilines is 1. The number of rotatable bonds is 4. The molecule has 0 fully saturated rings. The van der Waals surface area contributed by atoms with Crippen LogP contribution in [0.2, 0.25) is 0 Å². The molecule has 0 amide bonds. The van der Waals surface area contributed by atoms with Gasteiger partial charge in [0, 0.05) is 33.6 Å². The lowest BCUT2D eigenvalue weighted by atomic mass is 10.0. The molecule has 114 valence electrons. The molecule has 0 saturated heterocycles. The van der Waals surface area contributed by atoms with Crippen molar-refractivity contribution in [2.45, 2.75) is 6.04 Å². The highest BCUT2D eigenvalue weighted by Crippen LogP contribution is 2.38. The Kier molecular flexibility index (Phi) is 3.69. The van der Waals surface area contributed by atoms with Crippen LogP contribution in [-0.2, 0) is 0 Å². The topological polar surface area (TPSA) is 58.0 Å². The molecule has 1 aromatic carbocycles. The summed E-state index contributed by atoms with van der Waals surface area (Å²) in [5, 5.41) is 19.8. The molecular formula is C17H13N3OS2. The number of nitrogens with one attached hydrogen (secondary N) is 1. The number of aromatic nitrogens is 2. The Labute approximate surface area is 141 Å². The first-order valence-electron chi connectivity index (χ1n) is 7.09. The third kappa shape index (κ3) is 2.67. The van der Waals surface area contributed by atoms with Crippen molar-refractivity contribution in [2.24, 2.45) is 0 Å². The van der Waals surface area contributed by atoms with E-state index in [1.807, 2.05) is 41.1 Å². The fraction of sp³-hybridized carbons (Fsp3) is 0.0588. The fourth-order valence-electron chi connectivity index (χ4n) is 2.55. The first kappa shape index (κ1) is 14.2. The average Bonchev–Trinajstić information content (AvgIpc) is 3.27. The normalized spacial score (nSPS) is 12.3. The lowest BCUT2D eigenvalue weighted by Crippen LogP contribution is -2.11. The van der Waals surface area contributed by atoms with E-state index in [0.29, 0.717) is 5.52 Å². The van der Waals surface area contributed by atoms with Crippen LogP contribution in [0.15, 0.2) is 59.6 Å². The number of benzene rings is 1. The molecule has 0 aliphatic carbocycles. The Morgan fingerprint density at radius 2 is 1.91 bits per heavy atom. The van der Waals surface area contributed by atoms with Gasteiger partial charge in [0.2, 0.25) is 0 Å². The van der Waals surface area contributed by atoms with Gasteiger partial charge in [-0.25, -0.2) is 4.98 Å². The van der Waals surface area contributed by atoms with Crippen molar-refractivity contribution in [1.82, 2.24) is 9.97 Å². The van der Waals surface area contributed by atoms with E-state index >= 15 is 0 Å². The number of nitrogens with zero attached hydrogens (tertiary/aromatic N) is 2. The molecular weight excluding hydrogens is 326 g/mol. The summed E-state index contributed by atoms with van der Waals surface area (Å²) in [5.41, 5.74) is 1.42. The zero-order valence-electron chi connectivity index (χ0n) is 12.0. The number of phenolic OH excluding ortho intramolecular Hbond substituents is 1. The Morgan fingerprint density at radius 3 is 2.70 bits per heavy atom. The van der Waals surface area contributed by atoms with Crippen molar-refractivity contribution in [3.8, 4) is 5.75 Å². The van der Waals surface area contributed by atoms with Crippen LogP contribution < -0.4 is 5.32 Å². The van der Waals surface area contributed by atoms with Gasteiger partial charge in [-0.05, 0) is 17.5 Å². The molecule has 0 bridgehead atoms. The number of phenols is 1. The maximum atomic E-state index is 10.7. The monoisotopic (exact) mass is 339 g/mol. The minimum Gasteiger partial charge on any atom is -0.505 e. The highest BCUT2D eigenvalue weighted by molar-refractivity contribution is 7.13. The molecule has 6 heteroatoms. The van der Waals surface area contributed by atoms with Gasteiger partial charge in [0.15, 0.2) is 5.13 Å². The standard InChI is InChI=1S/C17H13N3OS2/c21-16-12(6-5-11-3-1-7-18-14(11)16)15(13-4-2-9-22-13)20-17-19-8-10-23-17/h1-10,15,21H,(H,19,20). The molecule has 0 aliphatic heterocycles. The second-order valence-electron chi connectivity index (χ2n) is 5.01. The number of thiophene rings is 1. The molecule has 2 N–H and O–H groups in total. The fourth-order valence-corrected chi connectivity index (χ4v) is 3.91. The van der Waals surface area contributed by atoms with E-state index in [0.717, 1.165) is 21.0 Å². The third-order valence-electron chi connectivity index (χ3n) is 3.62. The van der Waals surface area contributed by atoms with E-state index in [-0.39, 0.29) is 11.8 Å². The summed E-state index contributed by atoms with van der Waals surface area (Å²) in [4.78, 5) is 9.73. The lowest BCUT2D eigenvalue weighted by Gasteiger charge is -2.19. The van der Waals surface area contributed by atoms with E-state index in [4.69, 9.17) is 0 Å². The van der Waals surface area contributed by atoms with E-state index in [2.05, 4.69) is 21.4 Å². The second-order valence-corrected chi connectivity index (χ2v) is 6.88. The molecule has 1 atom stereocenters. The van der Waals surface area contributed by atoms with Crippen LogP contribution in [0.1, 0.15) is 16.5 Å². The van der Waals surface area contributed by atoms with E-state index in [9.17, 15) is 5.11 Å². The van der Waals surface area contributed by atoms with Crippen LogP contribution in [-0.4, -0.2) is 15.1 Å². The van der Waals surface area contributed by atoms with E-state index < -0.39 is 0 Å². The van der Waals surface area contributed by atoms with Gasteiger partial charge in [-0.2, -0.15) is 0 Å². The van der Waals surface area contributed by atoms with Crippen molar-refractivity contribution >= 4 is 38.7 Å². The Hall–Kier alpha value is -2.44. The third-order valence-corrected chi connectivity index (χ3v) is 5.26. The maximum absolute atomic E-state index is 10.7. The number of pyridine rings is 1. The van der Waals surface area contributed by atoms with Crippen LogP contribution in [0.5, 0.6) is 5.75 Å². The summed E-state index contributed by atoms with van der Waals surface area (Å²) >= 11 is 3.18. The molecule has 1 unspecified atom stereocenters. The van der Waals surface area contributed by atoms with Crippen LogP contribution in [0.3, 0.4) is 0 Å². The van der Waals surface area contributed by atoms with Crippen LogP contribution >= 0.6 is 22.7 Å². The van der Waals surface area contributed by atoms with Crippen molar-refractivity contribution in [3.05, 3.63) is 70.0 Å². The molecule has 4 nitrogen and oxygen atoms in total. The van der Waals surface area contributed by atoms with Gasteiger partial charge in [-0.15, -0.1) is 22.7 Å². The van der Waals surface area contributed by atoms with Gasteiger partial charge < -0.3 is 10.4 Å². The summed E-state index contributed by atoms with van der Waals surface area (Å²) in [6.45, 7) is 0. The summed E-state index contributed by atoms with van der Waals surface area (Å²) < 4.78 is 0. The molecule has 3 aromatic heterocycles. The van der Waals surface area contributed by atoms with Crippen molar-refractivity contribution in [2.75, 3.05) is 5.32 Å². The summed E-state index contributed by atoms with van der Waals surface area (Å²) in [7, 11) is 0. The van der Waals surface area contributed by atoms with Gasteiger partial charge >= 0.3 is 0 Å². The zero-order valence-corrected chi connectivity index (χ0v) is 13.6. The van der Waals surface area contributed by atoms with Gasteiger partial charge in [0.05, 0.1) is 6.04 Å². The average molecular weight is 339 g/mol. The molecule has 4 rings (SSSR count). The Morgan fingerprint density at radius 1 is 0.957 bits per heavy atom. The number of fused-ring (bicyclic) bond motifs is 1. The van der Waals surface area contributed by atoms with Crippen molar-refractivity contribution in [3.63, 3.8) is 0 Å². The summed E-state index contributed by atoms with van der Waals surface area (Å²) in [6.07, 6.45) is 3.46. The molecule has 0 radical (unpaired) electrons. The van der Waals surface area contributed by atoms with Crippen LogP contribution in [0, 0.1) is 0 Å². The van der Waals surface area contributed by atoms with Crippen LogP contribution in [0.25, 0.3) is 10.9 Å². The van der Waals surface area contributed by atoms with Gasteiger partial charge in [-0.1, -0.05) is 24.3 Å². The number of hydrogen-bond acceptors (Lipinski definition) is 6. The minimum absolute atomic E-state index is 0.160. The first-order chi connectivity index (χ1) is 11.3. The van der Waals surface area contributed by atoms with Gasteiger partial charge in [0.1, 0.15) is 11.3 Å². The maximum Gasteiger partial charge on any atom is 0.183 e. The van der Waals surface area contributed by atoms with Crippen molar-refractivity contribution < 1.29 is 5.11 Å². The molecule has 0 aliphatic rings. The molecule has 23 heavy (non-hydrogen) atoms. The lowest BCUT2D eigenvalue weighted by molar-refractivity contribution is 0.472. The summed E-state index contributed by atoms with van der Waals surface area (Å²) in [5.74, 6) is 0.213. The molecule has 0 spiro atoms. The quantitative estimate of drug-likeness (QED) is 0.568. The predicted molar refractivity (Wildman–Crippen MR) is 95.3 cm³/mol. The number of aromatic hydroxyl groups is 1. The summed E-state index contributed by atoms with van der Waals surface area (Å²) in [6, 6.07) is 11.6. The number of hydrogen-bond donors (Lipinski definition) is 2. The van der Waals surface area contributed by atoms with Gasteiger partial charge in [0.25, 0.3) is 0 Å². The smallest absolute Gasteiger partial charge is 0.183 e. The van der Waals surface area contributed by atoms with E-state index in [1.54, 1.807) is 23.7 Å². The number of thiazole rings is 1. The van der Waals surface area contributed by atoms with E-state index in [1.165, 1.54) is 11.3 Å². The SMILES string of the molecule is Oc1c(C(Nc2nccs2)c2cccs2)ccc2cccnc12.